The van der Waals surface area contributed by atoms with Gasteiger partial charge in [0.05, 0.1) is 11.8 Å². The maximum Gasteiger partial charge on any atom is 0.261 e. The molecule has 0 atom stereocenters. The fourth-order valence-corrected chi connectivity index (χ4v) is 1.85. The van der Waals surface area contributed by atoms with Crippen LogP contribution in [-0.4, -0.2) is 23.2 Å². The monoisotopic (exact) mass is 229 g/mol. The molecule has 0 fully saturated rings. The third kappa shape index (κ3) is 2.20. The van der Waals surface area contributed by atoms with Crippen molar-refractivity contribution in [1.82, 2.24) is 10.2 Å². The molecule has 2 rings (SSSR count). The Kier molecular flexibility index (Phi) is 2.95. The molecule has 17 heavy (non-hydrogen) atoms. The van der Waals surface area contributed by atoms with E-state index in [4.69, 9.17) is 0 Å². The van der Waals surface area contributed by atoms with E-state index in [1.807, 2.05) is 26.0 Å². The average Bonchev–Trinajstić information content (AvgIpc) is 2.80. The summed E-state index contributed by atoms with van der Waals surface area (Å²) in [7, 11) is 1.77. The van der Waals surface area contributed by atoms with Gasteiger partial charge in [-0.2, -0.15) is 5.10 Å². The minimum absolute atomic E-state index is 0.0642. The topological polar surface area (TPSA) is 49.0 Å². The second-order valence-electron chi connectivity index (χ2n) is 4.14. The summed E-state index contributed by atoms with van der Waals surface area (Å²) >= 11 is 0. The van der Waals surface area contributed by atoms with Crippen LogP contribution in [0.1, 0.15) is 21.5 Å². The number of nitrogens with zero attached hydrogens (tertiary/aromatic N) is 2. The molecule has 88 valence electrons. The number of anilines is 1. The van der Waals surface area contributed by atoms with Gasteiger partial charge in [-0.3, -0.25) is 9.89 Å². The van der Waals surface area contributed by atoms with E-state index in [9.17, 15) is 4.79 Å². The second kappa shape index (κ2) is 4.41. The second-order valence-corrected chi connectivity index (χ2v) is 4.14. The van der Waals surface area contributed by atoms with Gasteiger partial charge in [0.1, 0.15) is 0 Å². The normalized spacial score (nSPS) is 10.3. The number of aryl methyl sites for hydroxylation is 2. The predicted octanol–water partition coefficient (Wildman–Crippen LogP) is 2.30. The first-order valence-electron chi connectivity index (χ1n) is 5.43. The van der Waals surface area contributed by atoms with Gasteiger partial charge in [0.2, 0.25) is 0 Å². The van der Waals surface area contributed by atoms with Crippen LogP contribution in [0, 0.1) is 13.8 Å². The van der Waals surface area contributed by atoms with Crippen molar-refractivity contribution in [2.45, 2.75) is 13.8 Å². The number of hydrogen-bond acceptors (Lipinski definition) is 2. The highest BCUT2D eigenvalue weighted by molar-refractivity contribution is 6.05. The van der Waals surface area contributed by atoms with Gasteiger partial charge in [-0.1, -0.05) is 17.7 Å². The van der Waals surface area contributed by atoms with Crippen LogP contribution in [0.3, 0.4) is 0 Å². The number of H-pyrrole nitrogens is 1. The zero-order valence-corrected chi connectivity index (χ0v) is 10.2. The third-order valence-electron chi connectivity index (χ3n) is 2.76. The Hall–Kier alpha value is -2.10. The molecule has 0 saturated heterocycles. The van der Waals surface area contributed by atoms with Gasteiger partial charge in [-0.05, 0) is 25.5 Å². The fourth-order valence-electron chi connectivity index (χ4n) is 1.85. The highest BCUT2D eigenvalue weighted by atomic mass is 16.2. The molecule has 1 aromatic carbocycles. The van der Waals surface area contributed by atoms with Gasteiger partial charge < -0.3 is 4.90 Å². The summed E-state index contributed by atoms with van der Waals surface area (Å²) in [5.41, 5.74) is 3.76. The molecule has 0 aliphatic rings. The molecule has 1 N–H and O–H groups in total. The van der Waals surface area contributed by atoms with E-state index < -0.39 is 0 Å². The SMILES string of the molecule is Cc1ccc(N(C)C(=O)c2cn[nH]c2)c(C)c1. The van der Waals surface area contributed by atoms with E-state index in [0.717, 1.165) is 11.3 Å². The predicted molar refractivity (Wildman–Crippen MR) is 67.2 cm³/mol. The Labute approximate surface area is 100 Å². The van der Waals surface area contributed by atoms with Crippen molar-refractivity contribution < 1.29 is 4.79 Å². The highest BCUT2D eigenvalue weighted by Crippen LogP contribution is 2.21. The van der Waals surface area contributed by atoms with Crippen molar-refractivity contribution in [2.75, 3.05) is 11.9 Å². The maximum atomic E-state index is 12.1. The van der Waals surface area contributed by atoms with E-state index in [2.05, 4.69) is 16.3 Å². The summed E-state index contributed by atoms with van der Waals surface area (Å²) in [6.07, 6.45) is 3.13. The molecule has 0 aliphatic carbocycles. The number of amides is 1. The summed E-state index contributed by atoms with van der Waals surface area (Å²) in [5, 5.41) is 6.43. The molecule has 1 heterocycles. The zero-order valence-electron chi connectivity index (χ0n) is 10.2. The maximum absolute atomic E-state index is 12.1. The zero-order chi connectivity index (χ0) is 12.4. The lowest BCUT2D eigenvalue weighted by Gasteiger charge is -2.19. The summed E-state index contributed by atoms with van der Waals surface area (Å²) in [5.74, 6) is -0.0642. The number of hydrogen-bond donors (Lipinski definition) is 1. The van der Waals surface area contributed by atoms with Crippen LogP contribution < -0.4 is 4.90 Å². The van der Waals surface area contributed by atoms with Crippen molar-refractivity contribution in [3.8, 4) is 0 Å². The molecule has 1 amide bonds. The molecule has 0 unspecified atom stereocenters. The average molecular weight is 229 g/mol. The van der Waals surface area contributed by atoms with Crippen molar-refractivity contribution in [3.63, 3.8) is 0 Å². The number of aromatic amines is 1. The molecule has 0 radical (unpaired) electrons. The molecular weight excluding hydrogens is 214 g/mol. The Bertz CT molecular complexity index is 532. The van der Waals surface area contributed by atoms with E-state index in [-0.39, 0.29) is 5.91 Å². The van der Waals surface area contributed by atoms with Gasteiger partial charge in [0.15, 0.2) is 0 Å². The molecule has 0 saturated carbocycles. The minimum atomic E-state index is -0.0642. The molecule has 0 bridgehead atoms. The van der Waals surface area contributed by atoms with E-state index in [1.54, 1.807) is 18.1 Å². The fraction of sp³-hybridized carbons (Fsp3) is 0.231. The lowest BCUT2D eigenvalue weighted by molar-refractivity contribution is 0.0993. The molecule has 4 heteroatoms. The van der Waals surface area contributed by atoms with Crippen molar-refractivity contribution in [1.29, 1.82) is 0 Å². The Morgan fingerprint density at radius 2 is 2.12 bits per heavy atom. The van der Waals surface area contributed by atoms with Gasteiger partial charge in [0.25, 0.3) is 5.91 Å². The van der Waals surface area contributed by atoms with E-state index >= 15 is 0 Å². The van der Waals surface area contributed by atoms with Gasteiger partial charge in [0, 0.05) is 18.9 Å². The number of carbonyl (C=O) groups is 1. The quantitative estimate of drug-likeness (QED) is 0.859. The van der Waals surface area contributed by atoms with Crippen LogP contribution in [0.2, 0.25) is 0 Å². The molecule has 0 spiro atoms. The van der Waals surface area contributed by atoms with Crippen LogP contribution in [0.5, 0.6) is 0 Å². The van der Waals surface area contributed by atoms with Crippen LogP contribution in [0.15, 0.2) is 30.6 Å². The number of carbonyl (C=O) groups excluding carboxylic acids is 1. The third-order valence-corrected chi connectivity index (χ3v) is 2.76. The van der Waals surface area contributed by atoms with Gasteiger partial charge >= 0.3 is 0 Å². The summed E-state index contributed by atoms with van der Waals surface area (Å²) in [6, 6.07) is 6.03. The van der Waals surface area contributed by atoms with Crippen LogP contribution in [0.4, 0.5) is 5.69 Å². The Morgan fingerprint density at radius 1 is 1.35 bits per heavy atom. The summed E-state index contributed by atoms with van der Waals surface area (Å²) in [4.78, 5) is 13.7. The van der Waals surface area contributed by atoms with Crippen LogP contribution in [0.25, 0.3) is 0 Å². The first-order valence-corrected chi connectivity index (χ1v) is 5.43. The van der Waals surface area contributed by atoms with Crippen molar-refractivity contribution >= 4 is 11.6 Å². The molecule has 4 nitrogen and oxygen atoms in total. The first kappa shape index (κ1) is 11.4. The molecule has 1 aromatic heterocycles. The number of benzene rings is 1. The number of rotatable bonds is 2. The largest absolute Gasteiger partial charge is 0.311 e. The minimum Gasteiger partial charge on any atom is -0.311 e. The Balaban J connectivity index is 2.31. The Morgan fingerprint density at radius 3 is 2.71 bits per heavy atom. The van der Waals surface area contributed by atoms with E-state index in [0.29, 0.717) is 5.56 Å². The first-order chi connectivity index (χ1) is 8.09. The van der Waals surface area contributed by atoms with Crippen LogP contribution in [-0.2, 0) is 0 Å². The molecule has 0 aliphatic heterocycles. The lowest BCUT2D eigenvalue weighted by atomic mass is 10.1. The summed E-state index contributed by atoms with van der Waals surface area (Å²) < 4.78 is 0. The van der Waals surface area contributed by atoms with E-state index in [1.165, 1.54) is 11.8 Å². The van der Waals surface area contributed by atoms with Gasteiger partial charge in [-0.25, -0.2) is 0 Å². The van der Waals surface area contributed by atoms with Crippen LogP contribution >= 0.6 is 0 Å². The van der Waals surface area contributed by atoms with Gasteiger partial charge in [-0.15, -0.1) is 0 Å². The molecule has 2 aromatic rings. The lowest BCUT2D eigenvalue weighted by Crippen LogP contribution is -2.26. The highest BCUT2D eigenvalue weighted by Gasteiger charge is 2.15. The smallest absolute Gasteiger partial charge is 0.261 e. The number of nitrogens with one attached hydrogen (secondary N) is 1. The van der Waals surface area contributed by atoms with Crippen molar-refractivity contribution in [3.05, 3.63) is 47.3 Å². The number of aromatic nitrogens is 2. The van der Waals surface area contributed by atoms with Crippen molar-refractivity contribution in [2.24, 2.45) is 0 Å². The summed E-state index contributed by atoms with van der Waals surface area (Å²) in [6.45, 7) is 4.04. The molecular formula is C13H15N3O. The standard InChI is InChI=1S/C13H15N3O/c1-9-4-5-12(10(2)6-9)16(3)13(17)11-7-14-15-8-11/h4-8H,1-3H3,(H,14,15).